The van der Waals surface area contributed by atoms with E-state index in [9.17, 15) is 4.79 Å². The van der Waals surface area contributed by atoms with E-state index in [1.54, 1.807) is 7.11 Å². The SMILES string of the molecule is COc1ccc(C)c2sc(NC(=O)c3nnc4n3CCC4)nc12. The average molecular weight is 329 g/mol. The predicted molar refractivity (Wildman–Crippen MR) is 87.2 cm³/mol. The Balaban J connectivity index is 1.67. The normalized spacial score (nSPS) is 13.3. The molecule has 0 spiro atoms. The molecule has 7 nitrogen and oxygen atoms in total. The smallest absolute Gasteiger partial charge is 0.295 e. The summed E-state index contributed by atoms with van der Waals surface area (Å²) < 4.78 is 8.21. The van der Waals surface area contributed by atoms with Crippen molar-refractivity contribution in [1.82, 2.24) is 19.7 Å². The van der Waals surface area contributed by atoms with Crippen molar-refractivity contribution in [3.05, 3.63) is 29.3 Å². The number of nitrogens with zero attached hydrogens (tertiary/aromatic N) is 4. The molecule has 0 saturated heterocycles. The van der Waals surface area contributed by atoms with E-state index in [0.29, 0.717) is 16.7 Å². The molecule has 1 aliphatic heterocycles. The van der Waals surface area contributed by atoms with Gasteiger partial charge in [-0.25, -0.2) is 4.98 Å². The zero-order valence-corrected chi connectivity index (χ0v) is 13.6. The second kappa shape index (κ2) is 5.31. The Morgan fingerprint density at radius 1 is 1.39 bits per heavy atom. The first-order chi connectivity index (χ1) is 11.2. The minimum atomic E-state index is -0.277. The van der Waals surface area contributed by atoms with Gasteiger partial charge in [-0.05, 0) is 25.0 Å². The van der Waals surface area contributed by atoms with Crippen LogP contribution in [0.1, 0.15) is 28.4 Å². The molecule has 3 heterocycles. The van der Waals surface area contributed by atoms with Crippen LogP contribution >= 0.6 is 11.3 Å². The lowest BCUT2D eigenvalue weighted by Crippen LogP contribution is -2.17. The summed E-state index contributed by atoms with van der Waals surface area (Å²) in [5.41, 5.74) is 1.86. The van der Waals surface area contributed by atoms with Crippen LogP contribution in [-0.2, 0) is 13.0 Å². The highest BCUT2D eigenvalue weighted by Gasteiger charge is 2.23. The second-order valence-electron chi connectivity index (χ2n) is 5.43. The fourth-order valence-electron chi connectivity index (χ4n) is 2.80. The van der Waals surface area contributed by atoms with Crippen molar-refractivity contribution in [3.8, 4) is 5.75 Å². The lowest BCUT2D eigenvalue weighted by atomic mass is 10.2. The molecule has 0 radical (unpaired) electrons. The maximum atomic E-state index is 12.5. The Morgan fingerprint density at radius 3 is 3.09 bits per heavy atom. The van der Waals surface area contributed by atoms with Gasteiger partial charge in [0.15, 0.2) is 5.13 Å². The number of aryl methyl sites for hydroxylation is 2. The molecular formula is C15H15N5O2S. The fraction of sp³-hybridized carbons (Fsp3) is 0.333. The number of carbonyl (C=O) groups is 1. The number of thiazole rings is 1. The van der Waals surface area contributed by atoms with E-state index in [2.05, 4.69) is 20.5 Å². The van der Waals surface area contributed by atoms with Gasteiger partial charge >= 0.3 is 0 Å². The summed E-state index contributed by atoms with van der Waals surface area (Å²) in [4.78, 5) is 16.9. The summed E-state index contributed by atoms with van der Waals surface area (Å²) in [5.74, 6) is 1.64. The van der Waals surface area contributed by atoms with E-state index in [1.807, 2.05) is 23.6 Å². The molecule has 0 aliphatic carbocycles. The number of aromatic nitrogens is 4. The highest BCUT2D eigenvalue weighted by atomic mass is 32.1. The van der Waals surface area contributed by atoms with Crippen LogP contribution in [0.25, 0.3) is 10.2 Å². The molecule has 3 aromatic rings. The number of carbonyl (C=O) groups excluding carboxylic acids is 1. The predicted octanol–water partition coefficient (Wildman–Crippen LogP) is 2.40. The fourth-order valence-corrected chi connectivity index (χ4v) is 3.75. The number of hydrogen-bond donors (Lipinski definition) is 1. The number of ether oxygens (including phenoxy) is 1. The Labute approximate surface area is 136 Å². The largest absolute Gasteiger partial charge is 0.494 e. The Bertz CT molecular complexity index is 914. The molecule has 23 heavy (non-hydrogen) atoms. The highest BCUT2D eigenvalue weighted by molar-refractivity contribution is 7.22. The van der Waals surface area contributed by atoms with Crippen molar-refractivity contribution >= 4 is 32.6 Å². The lowest BCUT2D eigenvalue weighted by Gasteiger charge is -2.02. The molecule has 2 aromatic heterocycles. The molecule has 118 valence electrons. The van der Waals surface area contributed by atoms with Crippen molar-refractivity contribution in [2.75, 3.05) is 12.4 Å². The van der Waals surface area contributed by atoms with E-state index < -0.39 is 0 Å². The van der Waals surface area contributed by atoms with Gasteiger partial charge in [-0.3, -0.25) is 10.1 Å². The van der Waals surface area contributed by atoms with Gasteiger partial charge in [0.1, 0.15) is 17.1 Å². The van der Waals surface area contributed by atoms with Crippen LogP contribution in [-0.4, -0.2) is 32.8 Å². The average Bonchev–Trinajstić information content (AvgIpc) is 3.21. The van der Waals surface area contributed by atoms with E-state index in [-0.39, 0.29) is 5.91 Å². The number of hydrogen-bond acceptors (Lipinski definition) is 6. The molecule has 0 saturated carbocycles. The third-order valence-corrected chi connectivity index (χ3v) is 5.06. The summed E-state index contributed by atoms with van der Waals surface area (Å²) >= 11 is 1.43. The third-order valence-electron chi connectivity index (χ3n) is 3.96. The number of fused-ring (bicyclic) bond motifs is 2. The van der Waals surface area contributed by atoms with Crippen LogP contribution in [0.4, 0.5) is 5.13 Å². The van der Waals surface area contributed by atoms with Crippen LogP contribution < -0.4 is 10.1 Å². The van der Waals surface area contributed by atoms with Gasteiger partial charge in [-0.2, -0.15) is 0 Å². The van der Waals surface area contributed by atoms with Crippen LogP contribution in [0, 0.1) is 6.92 Å². The molecule has 1 aromatic carbocycles. The monoisotopic (exact) mass is 329 g/mol. The van der Waals surface area contributed by atoms with Crippen LogP contribution in [0.15, 0.2) is 12.1 Å². The number of benzene rings is 1. The summed E-state index contributed by atoms with van der Waals surface area (Å²) in [5, 5.41) is 11.4. The van der Waals surface area contributed by atoms with Gasteiger partial charge in [-0.1, -0.05) is 17.4 Å². The van der Waals surface area contributed by atoms with Gasteiger partial charge < -0.3 is 9.30 Å². The summed E-state index contributed by atoms with van der Waals surface area (Å²) in [6.45, 7) is 2.80. The summed E-state index contributed by atoms with van der Waals surface area (Å²) in [7, 11) is 1.61. The van der Waals surface area contributed by atoms with Crippen molar-refractivity contribution in [2.24, 2.45) is 0 Å². The van der Waals surface area contributed by atoms with Crippen LogP contribution in [0.3, 0.4) is 0 Å². The molecule has 1 aliphatic rings. The van der Waals surface area contributed by atoms with E-state index in [4.69, 9.17) is 4.74 Å². The van der Waals surface area contributed by atoms with Crippen molar-refractivity contribution < 1.29 is 9.53 Å². The number of methoxy groups -OCH3 is 1. The maximum absolute atomic E-state index is 12.5. The Morgan fingerprint density at radius 2 is 2.26 bits per heavy atom. The Hall–Kier alpha value is -2.48. The lowest BCUT2D eigenvalue weighted by molar-refractivity contribution is 0.101. The van der Waals surface area contributed by atoms with E-state index >= 15 is 0 Å². The summed E-state index contributed by atoms with van der Waals surface area (Å²) in [6, 6.07) is 3.87. The van der Waals surface area contributed by atoms with E-state index in [1.165, 1.54) is 11.3 Å². The number of rotatable bonds is 3. The zero-order valence-electron chi connectivity index (χ0n) is 12.8. The molecule has 1 N–H and O–H groups in total. The highest BCUT2D eigenvalue weighted by Crippen LogP contribution is 2.34. The molecule has 1 amide bonds. The minimum absolute atomic E-state index is 0.277. The molecule has 0 bridgehead atoms. The first-order valence-corrected chi connectivity index (χ1v) is 8.16. The molecule has 0 atom stereocenters. The first-order valence-electron chi connectivity index (χ1n) is 7.35. The van der Waals surface area contributed by atoms with Gasteiger partial charge in [0.05, 0.1) is 11.8 Å². The molecule has 0 unspecified atom stereocenters. The quantitative estimate of drug-likeness (QED) is 0.798. The maximum Gasteiger partial charge on any atom is 0.295 e. The minimum Gasteiger partial charge on any atom is -0.494 e. The van der Waals surface area contributed by atoms with Crippen molar-refractivity contribution in [2.45, 2.75) is 26.3 Å². The number of anilines is 1. The zero-order chi connectivity index (χ0) is 16.0. The molecule has 8 heteroatoms. The molecule has 4 rings (SSSR count). The van der Waals surface area contributed by atoms with Crippen LogP contribution in [0.2, 0.25) is 0 Å². The number of nitrogens with one attached hydrogen (secondary N) is 1. The van der Waals surface area contributed by atoms with E-state index in [0.717, 1.165) is 41.0 Å². The second-order valence-corrected chi connectivity index (χ2v) is 6.43. The van der Waals surface area contributed by atoms with Crippen LogP contribution in [0.5, 0.6) is 5.75 Å². The topological polar surface area (TPSA) is 81.9 Å². The van der Waals surface area contributed by atoms with Gasteiger partial charge in [0.2, 0.25) is 5.82 Å². The molecular weight excluding hydrogens is 314 g/mol. The third kappa shape index (κ3) is 2.26. The first kappa shape index (κ1) is 14.1. The number of amides is 1. The van der Waals surface area contributed by atoms with Gasteiger partial charge in [0, 0.05) is 13.0 Å². The van der Waals surface area contributed by atoms with Gasteiger partial charge in [0.25, 0.3) is 5.91 Å². The Kier molecular flexibility index (Phi) is 3.26. The van der Waals surface area contributed by atoms with Gasteiger partial charge in [-0.15, -0.1) is 10.2 Å². The van der Waals surface area contributed by atoms with Crippen molar-refractivity contribution in [3.63, 3.8) is 0 Å². The standard InChI is InChI=1S/C15H15N5O2S/c1-8-5-6-9(22-2)11-12(8)23-15(16-11)17-14(21)13-19-18-10-4-3-7-20(10)13/h5-6H,3-4,7H2,1-2H3,(H,16,17,21). The summed E-state index contributed by atoms with van der Waals surface area (Å²) in [6.07, 6.45) is 1.88. The van der Waals surface area contributed by atoms with Crippen molar-refractivity contribution in [1.29, 1.82) is 0 Å². The molecule has 0 fully saturated rings.